The van der Waals surface area contributed by atoms with Gasteiger partial charge in [-0.05, 0) is 55.8 Å². The number of halogens is 1. The minimum absolute atomic E-state index is 0.209. The zero-order valence-corrected chi connectivity index (χ0v) is 16.9. The summed E-state index contributed by atoms with van der Waals surface area (Å²) in [5.41, 5.74) is 3.79. The molecule has 0 aliphatic heterocycles. The van der Waals surface area contributed by atoms with E-state index in [1.807, 2.05) is 55.5 Å². The van der Waals surface area contributed by atoms with E-state index in [1.54, 1.807) is 19.1 Å². The minimum atomic E-state index is -0.289. The zero-order chi connectivity index (χ0) is 21.4. The third-order valence-corrected chi connectivity index (χ3v) is 4.92. The maximum Gasteiger partial charge on any atom is 0.286 e. The molecule has 5 aromatic rings. The van der Waals surface area contributed by atoms with Crippen LogP contribution in [0.2, 0.25) is 0 Å². The maximum absolute atomic E-state index is 14.0. The standard InChI is InChI=1S/C24H18FN5O/c1-14-6-5-7-16(12-14)23-29-30-24(31-23)22-27-20-9-4-3-8-18(20)21(28-22)26-17-11-10-15(2)19(25)13-17/h3-13H,1-2H3,(H,26,27,28). The number of aryl methyl sites for hydroxylation is 2. The number of para-hydroxylation sites is 1. The van der Waals surface area contributed by atoms with Gasteiger partial charge >= 0.3 is 0 Å². The van der Waals surface area contributed by atoms with E-state index in [-0.39, 0.29) is 11.7 Å². The van der Waals surface area contributed by atoms with Gasteiger partial charge in [-0.25, -0.2) is 14.4 Å². The molecule has 152 valence electrons. The van der Waals surface area contributed by atoms with Crippen molar-refractivity contribution in [1.82, 2.24) is 20.2 Å². The zero-order valence-electron chi connectivity index (χ0n) is 16.9. The summed E-state index contributed by atoms with van der Waals surface area (Å²) in [5.74, 6) is 1.13. The number of rotatable bonds is 4. The Labute approximate surface area is 177 Å². The van der Waals surface area contributed by atoms with Gasteiger partial charge in [-0.2, -0.15) is 0 Å². The molecule has 6 nitrogen and oxygen atoms in total. The van der Waals surface area contributed by atoms with Gasteiger partial charge in [-0.1, -0.05) is 35.9 Å². The van der Waals surface area contributed by atoms with Crippen molar-refractivity contribution in [1.29, 1.82) is 0 Å². The first-order chi connectivity index (χ1) is 15.1. The van der Waals surface area contributed by atoms with E-state index in [0.29, 0.717) is 34.3 Å². The highest BCUT2D eigenvalue weighted by Crippen LogP contribution is 2.29. The Morgan fingerprint density at radius 3 is 2.52 bits per heavy atom. The lowest BCUT2D eigenvalue weighted by Gasteiger charge is -2.10. The van der Waals surface area contributed by atoms with Crippen LogP contribution < -0.4 is 5.32 Å². The monoisotopic (exact) mass is 411 g/mol. The van der Waals surface area contributed by atoms with Crippen molar-refractivity contribution in [2.75, 3.05) is 5.32 Å². The molecule has 7 heteroatoms. The number of benzene rings is 3. The molecule has 3 aromatic carbocycles. The number of hydrogen-bond acceptors (Lipinski definition) is 6. The number of hydrogen-bond donors (Lipinski definition) is 1. The van der Waals surface area contributed by atoms with Gasteiger partial charge in [0.05, 0.1) is 5.52 Å². The van der Waals surface area contributed by atoms with Gasteiger partial charge in [0.1, 0.15) is 11.6 Å². The molecule has 0 unspecified atom stereocenters. The van der Waals surface area contributed by atoms with Crippen LogP contribution in [0.4, 0.5) is 15.9 Å². The predicted octanol–water partition coefficient (Wildman–Crippen LogP) is 5.85. The average molecular weight is 411 g/mol. The summed E-state index contributed by atoms with van der Waals surface area (Å²) in [6.45, 7) is 3.72. The smallest absolute Gasteiger partial charge is 0.286 e. The van der Waals surface area contributed by atoms with Gasteiger partial charge in [0.15, 0.2) is 0 Å². The lowest BCUT2D eigenvalue weighted by molar-refractivity contribution is 0.579. The fourth-order valence-electron chi connectivity index (χ4n) is 3.28. The Kier molecular flexibility index (Phi) is 4.63. The molecule has 1 N–H and O–H groups in total. The summed E-state index contributed by atoms with van der Waals surface area (Å²) < 4.78 is 19.9. The number of nitrogens with one attached hydrogen (secondary N) is 1. The summed E-state index contributed by atoms with van der Waals surface area (Å²) in [7, 11) is 0. The Balaban J connectivity index is 1.58. The van der Waals surface area contributed by atoms with Gasteiger partial charge in [0.25, 0.3) is 5.89 Å². The summed E-state index contributed by atoms with van der Waals surface area (Å²) in [6.07, 6.45) is 0. The molecule has 0 amide bonds. The minimum Gasteiger partial charge on any atom is -0.413 e. The van der Waals surface area contributed by atoms with Crippen molar-refractivity contribution >= 4 is 22.4 Å². The van der Waals surface area contributed by atoms with Crippen molar-refractivity contribution in [3.05, 3.63) is 83.7 Å². The molecule has 5 rings (SSSR count). The SMILES string of the molecule is Cc1cccc(-c2nnc(-c3nc(Nc4ccc(C)c(F)c4)c4ccccc4n3)o2)c1. The summed E-state index contributed by atoms with van der Waals surface area (Å²) in [6, 6.07) is 20.3. The highest BCUT2D eigenvalue weighted by atomic mass is 19.1. The fraction of sp³-hybridized carbons (Fsp3) is 0.0833. The highest BCUT2D eigenvalue weighted by molar-refractivity contribution is 5.91. The number of anilines is 2. The van der Waals surface area contributed by atoms with Crippen LogP contribution in [-0.4, -0.2) is 20.2 Å². The first-order valence-electron chi connectivity index (χ1n) is 9.78. The van der Waals surface area contributed by atoms with Crippen molar-refractivity contribution in [2.24, 2.45) is 0 Å². The second-order valence-electron chi connectivity index (χ2n) is 7.28. The van der Waals surface area contributed by atoms with Crippen LogP contribution in [0.5, 0.6) is 0 Å². The van der Waals surface area contributed by atoms with Crippen molar-refractivity contribution in [3.63, 3.8) is 0 Å². The van der Waals surface area contributed by atoms with Crippen molar-refractivity contribution in [2.45, 2.75) is 13.8 Å². The van der Waals surface area contributed by atoms with E-state index >= 15 is 0 Å². The molecule has 31 heavy (non-hydrogen) atoms. The third-order valence-electron chi connectivity index (χ3n) is 4.92. The first-order valence-corrected chi connectivity index (χ1v) is 9.78. The largest absolute Gasteiger partial charge is 0.413 e. The van der Waals surface area contributed by atoms with Crippen molar-refractivity contribution in [3.8, 4) is 23.2 Å². The molecule has 2 heterocycles. The van der Waals surface area contributed by atoms with Crippen LogP contribution in [0.1, 0.15) is 11.1 Å². The maximum atomic E-state index is 14.0. The van der Waals surface area contributed by atoms with Crippen LogP contribution in [0.15, 0.2) is 71.1 Å². The number of fused-ring (bicyclic) bond motifs is 1. The summed E-state index contributed by atoms with van der Waals surface area (Å²) >= 11 is 0. The van der Waals surface area contributed by atoms with Crippen LogP contribution in [0.3, 0.4) is 0 Å². The van der Waals surface area contributed by atoms with Gasteiger partial charge < -0.3 is 9.73 Å². The first kappa shape index (κ1) is 18.9. The third kappa shape index (κ3) is 3.73. The average Bonchev–Trinajstić information content (AvgIpc) is 3.27. The van der Waals surface area contributed by atoms with E-state index in [9.17, 15) is 4.39 Å². The summed E-state index contributed by atoms with van der Waals surface area (Å²) in [5, 5.41) is 12.3. The van der Waals surface area contributed by atoms with Crippen molar-refractivity contribution < 1.29 is 8.81 Å². The lowest BCUT2D eigenvalue weighted by atomic mass is 10.1. The Morgan fingerprint density at radius 2 is 1.68 bits per heavy atom. The van der Waals surface area contributed by atoms with Crippen LogP contribution >= 0.6 is 0 Å². The molecule has 0 saturated carbocycles. The van der Waals surface area contributed by atoms with Crippen LogP contribution in [0, 0.1) is 19.7 Å². The van der Waals surface area contributed by atoms with E-state index < -0.39 is 0 Å². The number of aromatic nitrogens is 4. The summed E-state index contributed by atoms with van der Waals surface area (Å²) in [4.78, 5) is 9.18. The molecule has 0 aliphatic carbocycles. The fourth-order valence-corrected chi connectivity index (χ4v) is 3.28. The van der Waals surface area contributed by atoms with Gasteiger partial charge in [0, 0.05) is 16.6 Å². The molecule has 0 aliphatic rings. The highest BCUT2D eigenvalue weighted by Gasteiger charge is 2.16. The Bertz CT molecular complexity index is 1410. The number of nitrogens with zero attached hydrogens (tertiary/aromatic N) is 4. The van der Waals surface area contributed by atoms with E-state index in [0.717, 1.165) is 16.5 Å². The van der Waals surface area contributed by atoms with Crippen LogP contribution in [0.25, 0.3) is 34.1 Å². The quantitative estimate of drug-likeness (QED) is 0.400. The van der Waals surface area contributed by atoms with Crippen LogP contribution in [-0.2, 0) is 0 Å². The van der Waals surface area contributed by atoms with Gasteiger partial charge in [-0.15, -0.1) is 10.2 Å². The molecule has 0 bridgehead atoms. The Hall–Kier alpha value is -4.13. The molecule has 0 atom stereocenters. The molecular weight excluding hydrogens is 393 g/mol. The molecule has 0 radical (unpaired) electrons. The normalized spacial score (nSPS) is 11.1. The predicted molar refractivity (Wildman–Crippen MR) is 117 cm³/mol. The second-order valence-corrected chi connectivity index (χ2v) is 7.28. The molecule has 0 spiro atoms. The van der Waals surface area contributed by atoms with Gasteiger partial charge in [-0.3, -0.25) is 0 Å². The van der Waals surface area contributed by atoms with E-state index in [4.69, 9.17) is 4.42 Å². The molecule has 0 fully saturated rings. The molecule has 2 aromatic heterocycles. The Morgan fingerprint density at radius 1 is 0.839 bits per heavy atom. The lowest BCUT2D eigenvalue weighted by Crippen LogP contribution is -2.00. The molecule has 0 saturated heterocycles. The second kappa shape index (κ2) is 7.60. The molecular formula is C24H18FN5O. The van der Waals surface area contributed by atoms with E-state index in [2.05, 4.69) is 25.5 Å². The topological polar surface area (TPSA) is 76.7 Å². The van der Waals surface area contributed by atoms with E-state index in [1.165, 1.54) is 6.07 Å². The van der Waals surface area contributed by atoms with Gasteiger partial charge in [0.2, 0.25) is 11.7 Å².